The summed E-state index contributed by atoms with van der Waals surface area (Å²) in [6, 6.07) is 9.55. The van der Waals surface area contributed by atoms with E-state index < -0.39 is 0 Å². The highest BCUT2D eigenvalue weighted by molar-refractivity contribution is 9.10. The molecule has 2 aromatic carbocycles. The van der Waals surface area contributed by atoms with Crippen molar-refractivity contribution in [2.45, 2.75) is 6.42 Å². The van der Waals surface area contributed by atoms with E-state index in [4.69, 9.17) is 0 Å². The van der Waals surface area contributed by atoms with Gasteiger partial charge in [-0.1, -0.05) is 34.1 Å². The number of rotatable bonds is 1. The number of aromatic hydroxyl groups is 1. The standard InChI is InChI=1S/C16H10BrFO2/c17-11-5-4-9(14(18)8-11)6-10-7-13-12(16(10)20)2-1-3-15(13)19/h1-6,8,19H,7H2. The monoisotopic (exact) mass is 332 g/mol. The highest BCUT2D eigenvalue weighted by atomic mass is 79.9. The van der Waals surface area contributed by atoms with Crippen molar-refractivity contribution in [3.63, 3.8) is 0 Å². The van der Waals surface area contributed by atoms with Crippen LogP contribution in [0, 0.1) is 5.82 Å². The molecule has 0 heterocycles. The fraction of sp³-hybridized carbons (Fsp3) is 0.0625. The van der Waals surface area contributed by atoms with Crippen molar-refractivity contribution >= 4 is 27.8 Å². The lowest BCUT2D eigenvalue weighted by Gasteiger charge is -2.00. The summed E-state index contributed by atoms with van der Waals surface area (Å²) in [5, 5.41) is 9.76. The van der Waals surface area contributed by atoms with E-state index in [1.165, 1.54) is 6.07 Å². The molecule has 20 heavy (non-hydrogen) atoms. The van der Waals surface area contributed by atoms with Crippen molar-refractivity contribution in [2.75, 3.05) is 0 Å². The maximum Gasteiger partial charge on any atom is 0.189 e. The molecule has 1 N–H and O–H groups in total. The molecule has 0 spiro atoms. The molecule has 2 nitrogen and oxygen atoms in total. The Hall–Kier alpha value is -1.94. The maximum atomic E-state index is 13.8. The van der Waals surface area contributed by atoms with Crippen molar-refractivity contribution in [2.24, 2.45) is 0 Å². The number of hydrogen-bond acceptors (Lipinski definition) is 2. The molecule has 0 fully saturated rings. The van der Waals surface area contributed by atoms with Crippen LogP contribution in [0.15, 0.2) is 46.4 Å². The van der Waals surface area contributed by atoms with Gasteiger partial charge < -0.3 is 5.11 Å². The fourth-order valence-electron chi connectivity index (χ4n) is 2.34. The summed E-state index contributed by atoms with van der Waals surface area (Å²) in [6.45, 7) is 0. The van der Waals surface area contributed by atoms with Crippen LogP contribution < -0.4 is 0 Å². The van der Waals surface area contributed by atoms with Gasteiger partial charge in [0, 0.05) is 33.2 Å². The molecule has 2 aromatic rings. The Labute approximate surface area is 123 Å². The zero-order valence-electron chi connectivity index (χ0n) is 10.4. The lowest BCUT2D eigenvalue weighted by atomic mass is 10.1. The lowest BCUT2D eigenvalue weighted by Crippen LogP contribution is -1.95. The quantitative estimate of drug-likeness (QED) is 0.797. The van der Waals surface area contributed by atoms with E-state index in [9.17, 15) is 14.3 Å². The van der Waals surface area contributed by atoms with Crippen molar-refractivity contribution in [1.29, 1.82) is 0 Å². The average Bonchev–Trinajstić information content (AvgIpc) is 2.72. The van der Waals surface area contributed by atoms with E-state index >= 15 is 0 Å². The van der Waals surface area contributed by atoms with Crippen LogP contribution in [0.5, 0.6) is 5.75 Å². The van der Waals surface area contributed by atoms with Crippen LogP contribution in [0.4, 0.5) is 4.39 Å². The van der Waals surface area contributed by atoms with Crippen molar-refractivity contribution in [3.05, 3.63) is 69.0 Å². The van der Waals surface area contributed by atoms with Gasteiger partial charge in [-0.05, 0) is 24.3 Å². The number of carbonyl (C=O) groups is 1. The van der Waals surface area contributed by atoms with Gasteiger partial charge in [-0.15, -0.1) is 0 Å². The Bertz CT molecular complexity index is 750. The maximum absolute atomic E-state index is 13.8. The summed E-state index contributed by atoms with van der Waals surface area (Å²) in [4.78, 5) is 12.2. The van der Waals surface area contributed by atoms with Gasteiger partial charge in [-0.25, -0.2) is 4.39 Å². The summed E-state index contributed by atoms with van der Waals surface area (Å²) in [6.07, 6.45) is 1.87. The first-order valence-corrected chi connectivity index (χ1v) is 6.87. The third kappa shape index (κ3) is 2.16. The second-order valence-corrected chi connectivity index (χ2v) is 5.56. The molecule has 0 bridgehead atoms. The molecule has 0 saturated carbocycles. The Kier molecular flexibility index (Phi) is 3.18. The summed E-state index contributed by atoms with van der Waals surface area (Å²) in [5.41, 5.74) is 1.96. The zero-order chi connectivity index (χ0) is 14.3. The van der Waals surface area contributed by atoms with Crippen LogP contribution in [0.3, 0.4) is 0 Å². The predicted molar refractivity (Wildman–Crippen MR) is 78.2 cm³/mol. The summed E-state index contributed by atoms with van der Waals surface area (Å²) in [7, 11) is 0. The summed E-state index contributed by atoms with van der Waals surface area (Å²) >= 11 is 3.19. The molecule has 0 amide bonds. The lowest BCUT2D eigenvalue weighted by molar-refractivity contribution is 0.104. The molecule has 0 aromatic heterocycles. The number of phenols is 1. The topological polar surface area (TPSA) is 37.3 Å². The molecular formula is C16H10BrFO2. The number of carbonyl (C=O) groups excluding carboxylic acids is 1. The third-order valence-corrected chi connectivity index (χ3v) is 3.84. The highest BCUT2D eigenvalue weighted by Gasteiger charge is 2.27. The van der Waals surface area contributed by atoms with Crippen LogP contribution in [-0.4, -0.2) is 10.9 Å². The SMILES string of the molecule is O=C1C(=Cc2ccc(Br)cc2F)Cc2c(O)cccc21. The van der Waals surface area contributed by atoms with Gasteiger partial charge in [0.15, 0.2) is 5.78 Å². The van der Waals surface area contributed by atoms with E-state index in [0.29, 0.717) is 33.2 Å². The van der Waals surface area contributed by atoms with Gasteiger partial charge in [-0.3, -0.25) is 4.79 Å². The van der Waals surface area contributed by atoms with Crippen molar-refractivity contribution in [1.82, 2.24) is 0 Å². The second kappa shape index (κ2) is 4.87. The second-order valence-electron chi connectivity index (χ2n) is 4.64. The number of fused-ring (bicyclic) bond motifs is 1. The van der Waals surface area contributed by atoms with Crippen LogP contribution >= 0.6 is 15.9 Å². The molecule has 1 aliphatic carbocycles. The molecule has 0 aliphatic heterocycles. The minimum absolute atomic E-state index is 0.107. The van der Waals surface area contributed by atoms with Gasteiger partial charge in [0.2, 0.25) is 0 Å². The van der Waals surface area contributed by atoms with E-state index in [1.807, 2.05) is 0 Å². The zero-order valence-corrected chi connectivity index (χ0v) is 11.9. The Balaban J connectivity index is 2.04. The molecule has 1 aliphatic rings. The minimum Gasteiger partial charge on any atom is -0.508 e. The van der Waals surface area contributed by atoms with Crippen molar-refractivity contribution < 1.29 is 14.3 Å². The van der Waals surface area contributed by atoms with Crippen molar-refractivity contribution in [3.8, 4) is 5.75 Å². The smallest absolute Gasteiger partial charge is 0.189 e. The number of halogens is 2. The first-order chi connectivity index (χ1) is 9.56. The van der Waals surface area contributed by atoms with E-state index in [0.717, 1.165) is 0 Å². The van der Waals surface area contributed by atoms with E-state index in [-0.39, 0.29) is 17.3 Å². The molecule has 0 radical (unpaired) electrons. The molecule has 100 valence electrons. The van der Waals surface area contributed by atoms with Gasteiger partial charge in [0.1, 0.15) is 11.6 Å². The molecule has 0 atom stereocenters. The first-order valence-electron chi connectivity index (χ1n) is 6.07. The van der Waals surface area contributed by atoms with Crippen LogP contribution in [0.2, 0.25) is 0 Å². The number of Topliss-reactive ketones (excluding diaryl/α,β-unsaturated/α-hetero) is 1. The van der Waals surface area contributed by atoms with Crippen LogP contribution in [0.25, 0.3) is 6.08 Å². The number of ketones is 1. The highest BCUT2D eigenvalue weighted by Crippen LogP contribution is 2.33. The van der Waals surface area contributed by atoms with Gasteiger partial charge >= 0.3 is 0 Å². The normalized spacial score (nSPS) is 15.7. The van der Waals surface area contributed by atoms with Crippen LogP contribution in [0.1, 0.15) is 21.5 Å². The average molecular weight is 333 g/mol. The third-order valence-electron chi connectivity index (χ3n) is 3.35. The molecule has 0 saturated heterocycles. The van der Waals surface area contributed by atoms with Gasteiger partial charge in [0.05, 0.1) is 0 Å². The summed E-state index contributed by atoms with van der Waals surface area (Å²) < 4.78 is 14.5. The van der Waals surface area contributed by atoms with Crippen LogP contribution in [-0.2, 0) is 6.42 Å². The Morgan fingerprint density at radius 1 is 1.25 bits per heavy atom. The Morgan fingerprint density at radius 3 is 2.75 bits per heavy atom. The minimum atomic E-state index is -0.389. The number of benzene rings is 2. The predicted octanol–water partition coefficient (Wildman–Crippen LogP) is 4.12. The van der Waals surface area contributed by atoms with Gasteiger partial charge in [0.25, 0.3) is 0 Å². The molecule has 3 rings (SSSR count). The number of allylic oxidation sites excluding steroid dienone is 1. The first kappa shape index (κ1) is 13.1. The molecule has 4 heteroatoms. The van der Waals surface area contributed by atoms with E-state index in [2.05, 4.69) is 15.9 Å². The van der Waals surface area contributed by atoms with Gasteiger partial charge in [-0.2, -0.15) is 0 Å². The number of hydrogen-bond donors (Lipinski definition) is 1. The number of phenolic OH excluding ortho intramolecular Hbond substituents is 1. The Morgan fingerprint density at radius 2 is 2.05 bits per heavy atom. The fourth-order valence-corrected chi connectivity index (χ4v) is 2.67. The molecule has 0 unspecified atom stereocenters. The van der Waals surface area contributed by atoms with E-state index in [1.54, 1.807) is 36.4 Å². The largest absolute Gasteiger partial charge is 0.508 e. The summed E-state index contributed by atoms with van der Waals surface area (Å²) in [5.74, 6) is -0.436. The molecular weight excluding hydrogens is 323 g/mol.